The average molecular weight is 370 g/mol. The number of methoxy groups -OCH3 is 2. The first kappa shape index (κ1) is 17.5. The summed E-state index contributed by atoms with van der Waals surface area (Å²) < 4.78 is 19.8. The average Bonchev–Trinajstić information content (AvgIpc) is 3.15. The summed E-state index contributed by atoms with van der Waals surface area (Å²) in [5, 5.41) is 0.305. The fourth-order valence-electron chi connectivity index (χ4n) is 2.09. The van der Waals surface area contributed by atoms with E-state index in [1.165, 1.54) is 20.5 Å². The summed E-state index contributed by atoms with van der Waals surface area (Å²) in [5.74, 6) is 0.291. The van der Waals surface area contributed by atoms with Crippen LogP contribution in [-0.4, -0.2) is 39.5 Å². The standard InChI is InChI=1S/C17H14N4O4S/c1-23-10-12(16(22)24-2)11-5-3-4-6-14(11)25-17-20-15(21-26-17)13-9-18-7-8-19-13/h3-10H,1-2H3/b12-10-. The van der Waals surface area contributed by atoms with Crippen LogP contribution in [0.5, 0.6) is 10.9 Å². The third-order valence-electron chi connectivity index (χ3n) is 3.22. The predicted octanol–water partition coefficient (Wildman–Crippen LogP) is 2.95. The first-order valence-corrected chi connectivity index (χ1v) is 8.19. The lowest BCUT2D eigenvalue weighted by Crippen LogP contribution is -2.05. The van der Waals surface area contributed by atoms with Crippen LogP contribution in [0.4, 0.5) is 0 Å². The Labute approximate surface area is 153 Å². The molecule has 0 saturated carbocycles. The van der Waals surface area contributed by atoms with Gasteiger partial charge < -0.3 is 14.2 Å². The molecule has 0 aliphatic rings. The van der Waals surface area contributed by atoms with Crippen molar-refractivity contribution in [3.8, 4) is 22.5 Å². The SMILES string of the molecule is CO/C=C(\C(=O)OC)c1ccccc1Oc1nc(-c2cnccn2)ns1. The predicted molar refractivity (Wildman–Crippen MR) is 94.5 cm³/mol. The smallest absolute Gasteiger partial charge is 0.341 e. The second kappa shape index (κ2) is 8.17. The van der Waals surface area contributed by atoms with Crippen LogP contribution in [0.1, 0.15) is 5.56 Å². The van der Waals surface area contributed by atoms with Crippen molar-refractivity contribution in [1.29, 1.82) is 0 Å². The number of carbonyl (C=O) groups is 1. The Hall–Kier alpha value is -3.33. The van der Waals surface area contributed by atoms with Gasteiger partial charge in [-0.05, 0) is 6.07 Å². The molecule has 0 N–H and O–H groups in total. The molecule has 0 unspecified atom stereocenters. The molecule has 9 heteroatoms. The fourth-order valence-corrected chi connectivity index (χ4v) is 2.64. The monoisotopic (exact) mass is 370 g/mol. The molecule has 0 fully saturated rings. The molecule has 1 aromatic carbocycles. The van der Waals surface area contributed by atoms with Gasteiger partial charge in [-0.3, -0.25) is 4.98 Å². The Bertz CT molecular complexity index is 927. The number of ether oxygens (including phenoxy) is 3. The number of hydrogen-bond acceptors (Lipinski definition) is 9. The number of nitrogens with zero attached hydrogens (tertiary/aromatic N) is 4. The summed E-state index contributed by atoms with van der Waals surface area (Å²) in [5.41, 5.74) is 1.28. The van der Waals surface area contributed by atoms with Crippen molar-refractivity contribution in [2.24, 2.45) is 0 Å². The van der Waals surface area contributed by atoms with Crippen molar-refractivity contribution in [2.45, 2.75) is 0 Å². The number of hydrogen-bond donors (Lipinski definition) is 0. The zero-order valence-electron chi connectivity index (χ0n) is 13.9. The number of para-hydroxylation sites is 1. The minimum Gasteiger partial charge on any atom is -0.503 e. The topological polar surface area (TPSA) is 96.3 Å². The Morgan fingerprint density at radius 3 is 2.77 bits per heavy atom. The van der Waals surface area contributed by atoms with E-state index in [-0.39, 0.29) is 5.57 Å². The second-order valence-electron chi connectivity index (χ2n) is 4.83. The van der Waals surface area contributed by atoms with Gasteiger partial charge >= 0.3 is 5.97 Å². The highest BCUT2D eigenvalue weighted by Crippen LogP contribution is 2.32. The van der Waals surface area contributed by atoms with Crippen molar-refractivity contribution < 1.29 is 19.0 Å². The molecular weight excluding hydrogens is 356 g/mol. The van der Waals surface area contributed by atoms with E-state index in [4.69, 9.17) is 14.2 Å². The Kier molecular flexibility index (Phi) is 5.49. The zero-order chi connectivity index (χ0) is 18.4. The van der Waals surface area contributed by atoms with Crippen molar-refractivity contribution in [3.63, 3.8) is 0 Å². The lowest BCUT2D eigenvalue weighted by molar-refractivity contribution is -0.133. The Morgan fingerprint density at radius 2 is 2.04 bits per heavy atom. The van der Waals surface area contributed by atoms with Crippen molar-refractivity contribution in [1.82, 2.24) is 19.3 Å². The highest BCUT2D eigenvalue weighted by Gasteiger charge is 2.19. The summed E-state index contributed by atoms with van der Waals surface area (Å²) in [4.78, 5) is 24.5. The van der Waals surface area contributed by atoms with Crippen LogP contribution < -0.4 is 4.74 Å². The molecule has 0 bridgehead atoms. The van der Waals surface area contributed by atoms with Gasteiger partial charge in [-0.25, -0.2) is 9.78 Å². The van der Waals surface area contributed by atoms with Gasteiger partial charge in [0.15, 0.2) is 5.82 Å². The van der Waals surface area contributed by atoms with E-state index in [1.807, 2.05) is 0 Å². The molecule has 0 radical (unpaired) electrons. The quantitative estimate of drug-likeness (QED) is 0.371. The lowest BCUT2D eigenvalue weighted by Gasteiger charge is -2.10. The van der Waals surface area contributed by atoms with E-state index in [9.17, 15) is 4.79 Å². The number of benzene rings is 1. The molecule has 2 heterocycles. The fraction of sp³-hybridized carbons (Fsp3) is 0.118. The first-order chi connectivity index (χ1) is 12.7. The van der Waals surface area contributed by atoms with Crippen LogP contribution >= 0.6 is 11.5 Å². The Balaban J connectivity index is 1.91. The largest absolute Gasteiger partial charge is 0.503 e. The van der Waals surface area contributed by atoms with Gasteiger partial charge in [0, 0.05) is 29.5 Å². The number of aromatic nitrogens is 4. The molecule has 2 aromatic heterocycles. The maximum Gasteiger partial charge on any atom is 0.341 e. The second-order valence-corrected chi connectivity index (χ2v) is 5.55. The van der Waals surface area contributed by atoms with E-state index in [0.717, 1.165) is 11.5 Å². The van der Waals surface area contributed by atoms with Crippen LogP contribution in [0.25, 0.3) is 17.1 Å². The molecule has 0 amide bonds. The summed E-state index contributed by atoms with van der Waals surface area (Å²) in [6.07, 6.45) is 6.00. The van der Waals surface area contributed by atoms with Gasteiger partial charge in [0.1, 0.15) is 17.0 Å². The molecule has 0 aliphatic heterocycles. The summed E-state index contributed by atoms with van der Waals surface area (Å²) >= 11 is 1.07. The summed E-state index contributed by atoms with van der Waals surface area (Å²) in [6, 6.07) is 7.00. The van der Waals surface area contributed by atoms with Crippen molar-refractivity contribution in [3.05, 3.63) is 54.7 Å². The minimum absolute atomic E-state index is 0.226. The molecule has 132 valence electrons. The lowest BCUT2D eigenvalue weighted by atomic mass is 10.1. The normalized spacial score (nSPS) is 11.1. The van der Waals surface area contributed by atoms with Crippen LogP contribution in [0, 0.1) is 0 Å². The highest BCUT2D eigenvalue weighted by molar-refractivity contribution is 7.07. The van der Waals surface area contributed by atoms with E-state index in [0.29, 0.717) is 28.0 Å². The third kappa shape index (κ3) is 3.83. The van der Waals surface area contributed by atoms with Gasteiger partial charge in [0.2, 0.25) is 0 Å². The molecule has 0 spiro atoms. The van der Waals surface area contributed by atoms with E-state index in [1.54, 1.807) is 42.9 Å². The molecule has 0 saturated heterocycles. The van der Waals surface area contributed by atoms with E-state index >= 15 is 0 Å². The van der Waals surface area contributed by atoms with Gasteiger partial charge in [0.05, 0.1) is 26.7 Å². The summed E-state index contributed by atoms with van der Waals surface area (Å²) in [6.45, 7) is 0. The minimum atomic E-state index is -0.541. The van der Waals surface area contributed by atoms with Gasteiger partial charge in [0.25, 0.3) is 5.19 Å². The maximum atomic E-state index is 12.0. The number of esters is 1. The van der Waals surface area contributed by atoms with Crippen LogP contribution in [0.15, 0.2) is 49.1 Å². The molecule has 26 heavy (non-hydrogen) atoms. The van der Waals surface area contributed by atoms with Gasteiger partial charge in [-0.15, -0.1) is 0 Å². The molecule has 0 aliphatic carbocycles. The van der Waals surface area contributed by atoms with Crippen LogP contribution in [0.3, 0.4) is 0 Å². The third-order valence-corrected chi connectivity index (χ3v) is 3.81. The molecule has 0 atom stereocenters. The van der Waals surface area contributed by atoms with Crippen molar-refractivity contribution >= 4 is 23.1 Å². The maximum absolute atomic E-state index is 12.0. The summed E-state index contributed by atoms with van der Waals surface area (Å²) in [7, 11) is 2.75. The van der Waals surface area contributed by atoms with Crippen LogP contribution in [0.2, 0.25) is 0 Å². The Morgan fingerprint density at radius 1 is 1.19 bits per heavy atom. The first-order valence-electron chi connectivity index (χ1n) is 7.41. The molecular formula is C17H14N4O4S. The van der Waals surface area contributed by atoms with E-state index in [2.05, 4.69) is 19.3 Å². The van der Waals surface area contributed by atoms with Gasteiger partial charge in [-0.2, -0.15) is 9.36 Å². The highest BCUT2D eigenvalue weighted by atomic mass is 32.1. The van der Waals surface area contributed by atoms with Crippen molar-refractivity contribution in [2.75, 3.05) is 14.2 Å². The van der Waals surface area contributed by atoms with Crippen LogP contribution in [-0.2, 0) is 14.3 Å². The van der Waals surface area contributed by atoms with E-state index < -0.39 is 5.97 Å². The van der Waals surface area contributed by atoms with Gasteiger partial charge in [-0.1, -0.05) is 18.2 Å². The molecule has 3 aromatic rings. The number of carbonyl (C=O) groups excluding carboxylic acids is 1. The number of rotatable bonds is 6. The zero-order valence-corrected chi connectivity index (χ0v) is 14.8. The molecule has 3 rings (SSSR count). The molecule has 8 nitrogen and oxygen atoms in total.